The van der Waals surface area contributed by atoms with Crippen molar-refractivity contribution < 1.29 is 9.53 Å². The minimum absolute atomic E-state index is 0.346. The molecule has 0 saturated carbocycles. The number of aryl methyl sites for hydroxylation is 1. The van der Waals surface area contributed by atoms with Gasteiger partial charge in [0, 0.05) is 6.08 Å². The second kappa shape index (κ2) is 7.26. The van der Waals surface area contributed by atoms with E-state index in [0.29, 0.717) is 6.61 Å². The number of carbonyl (C=O) groups is 1. The smallest absolute Gasteiger partial charge is 0.257 e. The van der Waals surface area contributed by atoms with Gasteiger partial charge in [-0.15, -0.1) is 0 Å². The lowest BCUT2D eigenvalue weighted by atomic mass is 10.1. The van der Waals surface area contributed by atoms with Crippen LogP contribution < -0.4 is 16.0 Å². The first-order valence-corrected chi connectivity index (χ1v) is 6.65. The number of rotatable bonds is 5. The number of amides is 1. The fraction of sp³-hybridized carbons (Fsp3) is 0.118. The second-order valence-corrected chi connectivity index (χ2v) is 4.63. The van der Waals surface area contributed by atoms with E-state index in [0.717, 1.165) is 16.9 Å². The SMILES string of the molecule is Cc1ccccc1COc1cccc(/C=C/C(=O)NN)c1. The standard InChI is InChI=1S/C17H18N2O2/c1-13-5-2-3-7-15(13)12-21-16-8-4-6-14(11-16)9-10-17(20)19-18/h2-11H,12,18H2,1H3,(H,19,20)/b10-9+. The van der Waals surface area contributed by atoms with E-state index in [-0.39, 0.29) is 5.91 Å². The fourth-order valence-electron chi connectivity index (χ4n) is 1.86. The van der Waals surface area contributed by atoms with Crippen molar-refractivity contribution >= 4 is 12.0 Å². The van der Waals surface area contributed by atoms with Crippen LogP contribution in [0.3, 0.4) is 0 Å². The third-order valence-corrected chi connectivity index (χ3v) is 3.08. The molecule has 1 amide bonds. The van der Waals surface area contributed by atoms with Crippen LogP contribution in [0.15, 0.2) is 54.6 Å². The average Bonchev–Trinajstić information content (AvgIpc) is 2.52. The van der Waals surface area contributed by atoms with Crippen LogP contribution in [0.25, 0.3) is 6.08 Å². The van der Waals surface area contributed by atoms with Crippen molar-refractivity contribution in [2.75, 3.05) is 0 Å². The molecule has 2 aromatic rings. The Hall–Kier alpha value is -2.59. The zero-order chi connectivity index (χ0) is 15.1. The minimum atomic E-state index is -0.346. The summed E-state index contributed by atoms with van der Waals surface area (Å²) in [4.78, 5) is 11.1. The van der Waals surface area contributed by atoms with Crippen LogP contribution in [-0.4, -0.2) is 5.91 Å². The molecule has 4 heteroatoms. The summed E-state index contributed by atoms with van der Waals surface area (Å²) in [5, 5.41) is 0. The maximum Gasteiger partial charge on any atom is 0.257 e. The van der Waals surface area contributed by atoms with Crippen LogP contribution in [-0.2, 0) is 11.4 Å². The van der Waals surface area contributed by atoms with Crippen LogP contribution in [0, 0.1) is 6.92 Å². The summed E-state index contributed by atoms with van der Waals surface area (Å²) in [6, 6.07) is 15.6. The van der Waals surface area contributed by atoms with Gasteiger partial charge in [0.15, 0.2) is 0 Å². The second-order valence-electron chi connectivity index (χ2n) is 4.63. The number of ether oxygens (including phenoxy) is 1. The summed E-state index contributed by atoms with van der Waals surface area (Å²) < 4.78 is 5.79. The van der Waals surface area contributed by atoms with Crippen molar-refractivity contribution in [3.8, 4) is 5.75 Å². The Balaban J connectivity index is 2.03. The van der Waals surface area contributed by atoms with E-state index >= 15 is 0 Å². The molecule has 0 heterocycles. The average molecular weight is 282 g/mol. The Bertz CT molecular complexity index is 651. The Morgan fingerprint density at radius 2 is 2.05 bits per heavy atom. The van der Waals surface area contributed by atoms with E-state index in [4.69, 9.17) is 10.6 Å². The zero-order valence-electron chi connectivity index (χ0n) is 11.9. The molecule has 0 spiro atoms. The van der Waals surface area contributed by atoms with Gasteiger partial charge in [0.2, 0.25) is 0 Å². The number of hydrogen-bond donors (Lipinski definition) is 2. The van der Waals surface area contributed by atoms with E-state index in [2.05, 4.69) is 13.0 Å². The molecule has 0 atom stereocenters. The normalized spacial score (nSPS) is 10.6. The van der Waals surface area contributed by atoms with Gasteiger partial charge in [-0.3, -0.25) is 10.2 Å². The Morgan fingerprint density at radius 3 is 2.81 bits per heavy atom. The largest absolute Gasteiger partial charge is 0.489 e. The molecule has 2 aromatic carbocycles. The molecule has 3 N–H and O–H groups in total. The number of carbonyl (C=O) groups excluding carboxylic acids is 1. The lowest BCUT2D eigenvalue weighted by molar-refractivity contribution is -0.116. The summed E-state index contributed by atoms with van der Waals surface area (Å²) >= 11 is 0. The number of nitrogens with one attached hydrogen (secondary N) is 1. The Morgan fingerprint density at radius 1 is 1.24 bits per heavy atom. The van der Waals surface area contributed by atoms with Gasteiger partial charge in [0.1, 0.15) is 12.4 Å². The van der Waals surface area contributed by atoms with Crippen molar-refractivity contribution in [1.29, 1.82) is 0 Å². The maximum atomic E-state index is 11.1. The lowest BCUT2D eigenvalue weighted by Gasteiger charge is -2.09. The first-order chi connectivity index (χ1) is 10.2. The molecular formula is C17H18N2O2. The Labute approximate surface area is 124 Å². The topological polar surface area (TPSA) is 64.3 Å². The van der Waals surface area contributed by atoms with Crippen molar-refractivity contribution in [2.45, 2.75) is 13.5 Å². The third-order valence-electron chi connectivity index (χ3n) is 3.08. The monoisotopic (exact) mass is 282 g/mol. The van der Waals surface area contributed by atoms with E-state index in [9.17, 15) is 4.79 Å². The van der Waals surface area contributed by atoms with Crippen LogP contribution in [0.1, 0.15) is 16.7 Å². The molecule has 0 aliphatic carbocycles. The maximum absolute atomic E-state index is 11.1. The third kappa shape index (κ3) is 4.47. The fourth-order valence-corrected chi connectivity index (χ4v) is 1.86. The van der Waals surface area contributed by atoms with E-state index in [1.165, 1.54) is 11.6 Å². The predicted octanol–water partition coefficient (Wildman–Crippen LogP) is 2.58. The molecule has 0 aliphatic rings. The van der Waals surface area contributed by atoms with Crippen molar-refractivity contribution in [3.63, 3.8) is 0 Å². The van der Waals surface area contributed by atoms with Crippen LogP contribution >= 0.6 is 0 Å². The molecule has 4 nitrogen and oxygen atoms in total. The lowest BCUT2D eigenvalue weighted by Crippen LogP contribution is -2.27. The molecule has 21 heavy (non-hydrogen) atoms. The van der Waals surface area contributed by atoms with Gasteiger partial charge in [0.05, 0.1) is 0 Å². The van der Waals surface area contributed by atoms with Gasteiger partial charge in [-0.2, -0.15) is 0 Å². The summed E-state index contributed by atoms with van der Waals surface area (Å²) in [6.07, 6.45) is 3.06. The summed E-state index contributed by atoms with van der Waals surface area (Å²) in [7, 11) is 0. The van der Waals surface area contributed by atoms with Crippen molar-refractivity contribution in [1.82, 2.24) is 5.43 Å². The van der Waals surface area contributed by atoms with Gasteiger partial charge in [0.25, 0.3) is 5.91 Å². The zero-order valence-corrected chi connectivity index (χ0v) is 11.9. The van der Waals surface area contributed by atoms with Gasteiger partial charge in [-0.25, -0.2) is 5.84 Å². The molecule has 2 rings (SSSR count). The first-order valence-electron chi connectivity index (χ1n) is 6.65. The number of hydrazine groups is 1. The van der Waals surface area contributed by atoms with Gasteiger partial charge in [-0.1, -0.05) is 36.4 Å². The van der Waals surface area contributed by atoms with Crippen LogP contribution in [0.4, 0.5) is 0 Å². The van der Waals surface area contributed by atoms with Crippen molar-refractivity contribution in [3.05, 3.63) is 71.3 Å². The van der Waals surface area contributed by atoms with Gasteiger partial charge in [-0.05, 0) is 41.8 Å². The molecule has 0 saturated heterocycles. The first kappa shape index (κ1) is 14.8. The highest BCUT2D eigenvalue weighted by Gasteiger charge is 1.99. The highest BCUT2D eigenvalue weighted by molar-refractivity contribution is 5.91. The molecule has 108 valence electrons. The molecule has 0 aliphatic heterocycles. The molecule has 0 bridgehead atoms. The molecular weight excluding hydrogens is 264 g/mol. The van der Waals surface area contributed by atoms with Gasteiger partial charge < -0.3 is 4.74 Å². The highest BCUT2D eigenvalue weighted by Crippen LogP contribution is 2.17. The summed E-state index contributed by atoms with van der Waals surface area (Å²) in [6.45, 7) is 2.58. The van der Waals surface area contributed by atoms with Gasteiger partial charge >= 0.3 is 0 Å². The Kier molecular flexibility index (Phi) is 5.12. The summed E-state index contributed by atoms with van der Waals surface area (Å²) in [5.74, 6) is 5.43. The quantitative estimate of drug-likeness (QED) is 0.383. The number of hydrogen-bond acceptors (Lipinski definition) is 3. The van der Waals surface area contributed by atoms with Crippen LogP contribution in [0.5, 0.6) is 5.75 Å². The number of nitrogens with two attached hydrogens (primary N) is 1. The van der Waals surface area contributed by atoms with E-state index in [1.807, 2.05) is 47.9 Å². The summed E-state index contributed by atoms with van der Waals surface area (Å²) in [5.41, 5.74) is 5.28. The predicted molar refractivity (Wildman–Crippen MR) is 83.3 cm³/mol. The molecule has 0 aromatic heterocycles. The van der Waals surface area contributed by atoms with Crippen LogP contribution in [0.2, 0.25) is 0 Å². The number of benzene rings is 2. The van der Waals surface area contributed by atoms with E-state index < -0.39 is 0 Å². The molecule has 0 radical (unpaired) electrons. The molecule has 0 unspecified atom stereocenters. The highest BCUT2D eigenvalue weighted by atomic mass is 16.5. The van der Waals surface area contributed by atoms with E-state index in [1.54, 1.807) is 6.08 Å². The minimum Gasteiger partial charge on any atom is -0.489 e. The molecule has 0 fully saturated rings. The van der Waals surface area contributed by atoms with Crippen molar-refractivity contribution in [2.24, 2.45) is 5.84 Å².